The molecule has 5 heteroatoms. The first-order valence-electron chi connectivity index (χ1n) is 7.50. The van der Waals surface area contributed by atoms with Crippen LogP contribution in [0.2, 0.25) is 0 Å². The van der Waals surface area contributed by atoms with E-state index < -0.39 is 10.0 Å². The molecule has 1 fully saturated rings. The fourth-order valence-corrected chi connectivity index (χ4v) is 5.10. The van der Waals surface area contributed by atoms with Crippen LogP contribution in [0.5, 0.6) is 0 Å². The van der Waals surface area contributed by atoms with Crippen LogP contribution in [0.3, 0.4) is 0 Å². The molecule has 3 N–H and O–H groups in total. The fourth-order valence-electron chi connectivity index (χ4n) is 3.33. The van der Waals surface area contributed by atoms with Gasteiger partial charge in [0.1, 0.15) is 0 Å². The number of nitrogen functional groups attached to an aromatic ring is 1. The molecular weight excluding hydrogens is 284 g/mol. The van der Waals surface area contributed by atoms with Crippen molar-refractivity contribution in [3.63, 3.8) is 0 Å². The van der Waals surface area contributed by atoms with Gasteiger partial charge in [0.25, 0.3) is 0 Å². The van der Waals surface area contributed by atoms with Crippen molar-refractivity contribution >= 4 is 15.7 Å². The molecule has 0 aromatic heterocycles. The summed E-state index contributed by atoms with van der Waals surface area (Å²) < 4.78 is 28.4. The summed E-state index contributed by atoms with van der Waals surface area (Å²) in [5.74, 6) is 0. The number of hydrogen-bond donors (Lipinski definition) is 2. The Morgan fingerprint density at radius 2 is 1.95 bits per heavy atom. The van der Waals surface area contributed by atoms with Crippen LogP contribution in [0.1, 0.15) is 50.7 Å². The van der Waals surface area contributed by atoms with Gasteiger partial charge in [0, 0.05) is 11.7 Å². The van der Waals surface area contributed by atoms with Gasteiger partial charge in [-0.3, -0.25) is 0 Å². The van der Waals surface area contributed by atoms with E-state index in [2.05, 4.69) is 18.6 Å². The third kappa shape index (κ3) is 3.58. The number of rotatable bonds is 3. The smallest absolute Gasteiger partial charge is 0.241 e. The van der Waals surface area contributed by atoms with E-state index in [1.807, 2.05) is 6.92 Å². The predicted octanol–water partition coefficient (Wildman–Crippen LogP) is 3.13. The lowest BCUT2D eigenvalue weighted by Gasteiger charge is -2.35. The molecule has 1 aliphatic carbocycles. The van der Waals surface area contributed by atoms with Gasteiger partial charge in [-0.1, -0.05) is 26.3 Å². The molecule has 2 rings (SSSR count). The van der Waals surface area contributed by atoms with Crippen LogP contribution in [0, 0.1) is 19.3 Å². The van der Waals surface area contributed by atoms with E-state index in [4.69, 9.17) is 5.73 Å². The van der Waals surface area contributed by atoms with Crippen molar-refractivity contribution in [3.8, 4) is 0 Å². The summed E-state index contributed by atoms with van der Waals surface area (Å²) in [7, 11) is -3.52. The van der Waals surface area contributed by atoms with E-state index in [0.29, 0.717) is 16.1 Å². The van der Waals surface area contributed by atoms with Gasteiger partial charge in [-0.15, -0.1) is 0 Å². The number of anilines is 1. The van der Waals surface area contributed by atoms with Crippen molar-refractivity contribution in [1.82, 2.24) is 4.72 Å². The highest BCUT2D eigenvalue weighted by Crippen LogP contribution is 2.36. The second-order valence-electron chi connectivity index (χ2n) is 7.00. The van der Waals surface area contributed by atoms with E-state index >= 15 is 0 Å². The van der Waals surface area contributed by atoms with Crippen molar-refractivity contribution in [2.45, 2.75) is 64.3 Å². The Bertz CT molecular complexity index is 636. The van der Waals surface area contributed by atoms with Crippen LogP contribution in [0.25, 0.3) is 0 Å². The standard InChI is InChI=1S/C16H26N2O2S/c1-11-7-8-14(17)12(2)15(11)21(19,20)18-13-6-5-9-16(3,4)10-13/h7-8,13,18H,5-6,9-10,17H2,1-4H3. The van der Waals surface area contributed by atoms with Crippen LogP contribution in [0.15, 0.2) is 17.0 Å². The molecule has 1 atom stereocenters. The van der Waals surface area contributed by atoms with Crippen LogP contribution in [-0.2, 0) is 10.0 Å². The summed E-state index contributed by atoms with van der Waals surface area (Å²) in [6.45, 7) is 7.97. The van der Waals surface area contributed by atoms with Crippen molar-refractivity contribution in [2.24, 2.45) is 5.41 Å². The minimum absolute atomic E-state index is 0.0129. The van der Waals surface area contributed by atoms with Crippen molar-refractivity contribution in [3.05, 3.63) is 23.3 Å². The topological polar surface area (TPSA) is 72.2 Å². The molecule has 1 unspecified atom stereocenters. The van der Waals surface area contributed by atoms with Gasteiger partial charge in [0.15, 0.2) is 0 Å². The normalized spacial score (nSPS) is 22.2. The summed E-state index contributed by atoms with van der Waals surface area (Å²) in [6, 6.07) is 3.54. The molecule has 0 amide bonds. The Labute approximate surface area is 128 Å². The predicted molar refractivity (Wildman–Crippen MR) is 86.7 cm³/mol. The number of benzene rings is 1. The first-order chi connectivity index (χ1) is 9.62. The monoisotopic (exact) mass is 310 g/mol. The number of nitrogens with two attached hydrogens (primary N) is 1. The number of sulfonamides is 1. The highest BCUT2D eigenvalue weighted by molar-refractivity contribution is 7.89. The minimum Gasteiger partial charge on any atom is -0.398 e. The molecule has 0 radical (unpaired) electrons. The Kier molecular flexibility index (Phi) is 4.36. The molecule has 0 saturated heterocycles. The van der Waals surface area contributed by atoms with Gasteiger partial charge >= 0.3 is 0 Å². The minimum atomic E-state index is -3.52. The van der Waals surface area contributed by atoms with E-state index in [-0.39, 0.29) is 11.5 Å². The second kappa shape index (κ2) is 5.61. The molecule has 1 saturated carbocycles. The zero-order chi connectivity index (χ0) is 15.8. The summed E-state index contributed by atoms with van der Waals surface area (Å²) in [5, 5.41) is 0. The maximum atomic E-state index is 12.7. The SMILES string of the molecule is Cc1ccc(N)c(C)c1S(=O)(=O)NC1CCCC(C)(C)C1. The van der Waals surface area contributed by atoms with Crippen molar-refractivity contribution < 1.29 is 8.42 Å². The van der Waals surface area contributed by atoms with Crippen LogP contribution in [-0.4, -0.2) is 14.5 Å². The largest absolute Gasteiger partial charge is 0.398 e. The zero-order valence-electron chi connectivity index (χ0n) is 13.4. The first kappa shape index (κ1) is 16.3. The average Bonchev–Trinajstić information content (AvgIpc) is 2.32. The number of hydrogen-bond acceptors (Lipinski definition) is 3. The third-order valence-electron chi connectivity index (χ3n) is 4.44. The van der Waals surface area contributed by atoms with Crippen molar-refractivity contribution in [2.75, 3.05) is 5.73 Å². The van der Waals surface area contributed by atoms with Gasteiger partial charge in [0.05, 0.1) is 4.90 Å². The Morgan fingerprint density at radius 3 is 2.57 bits per heavy atom. The third-order valence-corrected chi connectivity index (χ3v) is 6.25. The van der Waals surface area contributed by atoms with E-state index in [1.165, 1.54) is 0 Å². The van der Waals surface area contributed by atoms with Gasteiger partial charge in [-0.05, 0) is 55.7 Å². The molecule has 0 heterocycles. The molecule has 118 valence electrons. The molecule has 0 bridgehead atoms. The molecule has 1 aromatic carbocycles. The van der Waals surface area contributed by atoms with E-state index in [0.717, 1.165) is 31.2 Å². The fraction of sp³-hybridized carbons (Fsp3) is 0.625. The van der Waals surface area contributed by atoms with Gasteiger partial charge < -0.3 is 5.73 Å². The summed E-state index contributed by atoms with van der Waals surface area (Å²) >= 11 is 0. The lowest BCUT2D eigenvalue weighted by molar-refractivity contribution is 0.212. The number of nitrogens with one attached hydrogen (secondary N) is 1. The molecule has 0 spiro atoms. The summed E-state index contributed by atoms with van der Waals surface area (Å²) in [6.07, 6.45) is 4.01. The summed E-state index contributed by atoms with van der Waals surface area (Å²) in [4.78, 5) is 0.339. The van der Waals surface area contributed by atoms with Gasteiger partial charge in [0.2, 0.25) is 10.0 Å². The maximum absolute atomic E-state index is 12.7. The van der Waals surface area contributed by atoms with E-state index in [1.54, 1.807) is 19.1 Å². The molecule has 21 heavy (non-hydrogen) atoms. The second-order valence-corrected chi connectivity index (χ2v) is 8.66. The quantitative estimate of drug-likeness (QED) is 0.842. The van der Waals surface area contributed by atoms with E-state index in [9.17, 15) is 8.42 Å². The van der Waals surface area contributed by atoms with Crippen molar-refractivity contribution in [1.29, 1.82) is 0 Å². The van der Waals surface area contributed by atoms with Gasteiger partial charge in [-0.2, -0.15) is 0 Å². The highest BCUT2D eigenvalue weighted by Gasteiger charge is 2.31. The first-order valence-corrected chi connectivity index (χ1v) is 8.99. The molecule has 1 aromatic rings. The highest BCUT2D eigenvalue weighted by atomic mass is 32.2. The van der Waals surface area contributed by atoms with Gasteiger partial charge in [-0.25, -0.2) is 13.1 Å². The van der Waals surface area contributed by atoms with Crippen LogP contribution < -0.4 is 10.5 Å². The maximum Gasteiger partial charge on any atom is 0.241 e. The molecule has 1 aliphatic rings. The Morgan fingerprint density at radius 1 is 1.29 bits per heavy atom. The Hall–Kier alpha value is -1.07. The number of aryl methyl sites for hydroxylation is 1. The molecular formula is C16H26N2O2S. The average molecular weight is 310 g/mol. The molecule has 4 nitrogen and oxygen atoms in total. The zero-order valence-corrected chi connectivity index (χ0v) is 14.2. The summed E-state index contributed by atoms with van der Waals surface area (Å²) in [5.41, 5.74) is 7.97. The molecule has 0 aliphatic heterocycles. The van der Waals surface area contributed by atoms with Crippen LogP contribution in [0.4, 0.5) is 5.69 Å². The Balaban J connectivity index is 2.29. The lowest BCUT2D eigenvalue weighted by Crippen LogP contribution is -2.41. The van der Waals surface area contributed by atoms with Crippen LogP contribution >= 0.6 is 0 Å². The lowest BCUT2D eigenvalue weighted by atomic mass is 9.75.